The first kappa shape index (κ1) is 53.1. The van der Waals surface area contributed by atoms with Gasteiger partial charge >= 0.3 is 19.8 Å². The van der Waals surface area contributed by atoms with Gasteiger partial charge in [0.05, 0.1) is 18.8 Å². The van der Waals surface area contributed by atoms with Crippen LogP contribution >= 0.6 is 7.82 Å². The Bertz CT molecular complexity index is 1210. The first-order valence-electron chi connectivity index (χ1n) is 21.1. The van der Waals surface area contributed by atoms with E-state index in [0.29, 0.717) is 32.1 Å². The highest BCUT2D eigenvalue weighted by molar-refractivity contribution is 7.46. The minimum atomic E-state index is -4.81. The molecule has 0 spiro atoms. The number of unbranched alkanes of at least 4 members (excludes halogenated alkanes) is 13. The Kier molecular flexibility index (Phi) is 37.0. The highest BCUT2D eigenvalue weighted by atomic mass is 31.2. The second-order valence-electron chi connectivity index (χ2n) is 14.0. The van der Waals surface area contributed by atoms with Gasteiger partial charge in [-0.2, -0.15) is 0 Å². The summed E-state index contributed by atoms with van der Waals surface area (Å²) >= 11 is 0. The number of hydrogen-bond donors (Lipinski definition) is 4. The quantitative estimate of drug-likeness (QED) is 0.0156. The second-order valence-corrected chi connectivity index (χ2v) is 15.2. The molecule has 0 fully saturated rings. The smallest absolute Gasteiger partial charge is 0.462 e. The zero-order valence-electron chi connectivity index (χ0n) is 34.5. The molecular formula is C45H75O10P. The number of phosphoric ester groups is 1. The molecule has 0 saturated heterocycles. The normalized spacial score (nSPS) is 14.5. The van der Waals surface area contributed by atoms with Gasteiger partial charge in [0.1, 0.15) is 6.61 Å². The first-order chi connectivity index (χ1) is 27.1. The van der Waals surface area contributed by atoms with Crippen LogP contribution in [0, 0.1) is 0 Å². The van der Waals surface area contributed by atoms with E-state index in [0.717, 1.165) is 32.1 Å². The molecule has 4 N–H and O–H groups in total. The Morgan fingerprint density at radius 1 is 0.571 bits per heavy atom. The molecule has 10 nitrogen and oxygen atoms in total. The third-order valence-corrected chi connectivity index (χ3v) is 9.06. The summed E-state index contributed by atoms with van der Waals surface area (Å²) in [5, 5.41) is 19.9. The molecule has 56 heavy (non-hydrogen) atoms. The van der Waals surface area contributed by atoms with Gasteiger partial charge < -0.3 is 29.5 Å². The lowest BCUT2D eigenvalue weighted by Gasteiger charge is -2.18. The number of allylic oxidation sites excluding steroid dienone is 10. The Morgan fingerprint density at radius 3 is 1.66 bits per heavy atom. The van der Waals surface area contributed by atoms with Gasteiger partial charge in [-0.1, -0.05) is 163 Å². The van der Waals surface area contributed by atoms with E-state index in [2.05, 4.69) is 23.6 Å². The summed E-state index contributed by atoms with van der Waals surface area (Å²) in [6.07, 6.45) is 45.2. The van der Waals surface area contributed by atoms with E-state index in [1.54, 1.807) is 36.5 Å². The van der Waals surface area contributed by atoms with Crippen molar-refractivity contribution >= 4 is 19.8 Å². The van der Waals surface area contributed by atoms with Crippen LogP contribution in [0.3, 0.4) is 0 Å². The van der Waals surface area contributed by atoms with E-state index in [4.69, 9.17) is 19.3 Å². The van der Waals surface area contributed by atoms with Gasteiger partial charge in [-0.25, -0.2) is 4.57 Å². The molecular weight excluding hydrogens is 731 g/mol. The number of phosphoric acid groups is 1. The van der Waals surface area contributed by atoms with Crippen molar-refractivity contribution in [3.8, 4) is 0 Å². The van der Waals surface area contributed by atoms with Crippen molar-refractivity contribution < 1.29 is 48.2 Å². The lowest BCUT2D eigenvalue weighted by Crippen LogP contribution is -2.29. The van der Waals surface area contributed by atoms with Crippen molar-refractivity contribution in [2.24, 2.45) is 0 Å². The van der Waals surface area contributed by atoms with E-state index in [1.165, 1.54) is 64.2 Å². The molecule has 0 rings (SSSR count). The van der Waals surface area contributed by atoms with Gasteiger partial charge in [-0.05, 0) is 64.2 Å². The van der Waals surface area contributed by atoms with Crippen LogP contribution in [0.25, 0.3) is 0 Å². The molecule has 0 saturated carbocycles. The third-order valence-electron chi connectivity index (χ3n) is 8.58. The highest BCUT2D eigenvalue weighted by Gasteiger charge is 2.22. The van der Waals surface area contributed by atoms with E-state index >= 15 is 0 Å². The average Bonchev–Trinajstić information content (AvgIpc) is 3.16. The summed E-state index contributed by atoms with van der Waals surface area (Å²) in [7, 11) is -4.81. The van der Waals surface area contributed by atoms with Crippen LogP contribution in [0.1, 0.15) is 155 Å². The fraction of sp³-hybridized carbons (Fsp3) is 0.644. The Hall–Kier alpha value is -2.85. The number of aliphatic hydroxyl groups excluding tert-OH is 2. The third kappa shape index (κ3) is 40.8. The summed E-state index contributed by atoms with van der Waals surface area (Å²) in [5.41, 5.74) is 0. The van der Waals surface area contributed by atoms with Crippen LogP contribution in [0.5, 0.6) is 0 Å². The van der Waals surface area contributed by atoms with E-state index in [-0.39, 0.29) is 19.4 Å². The number of carbonyl (C=O) groups is 2. The number of esters is 2. The van der Waals surface area contributed by atoms with Crippen molar-refractivity contribution in [1.82, 2.24) is 0 Å². The van der Waals surface area contributed by atoms with Crippen LogP contribution < -0.4 is 0 Å². The molecule has 0 aromatic rings. The topological polar surface area (TPSA) is 160 Å². The zero-order valence-corrected chi connectivity index (χ0v) is 35.4. The fourth-order valence-corrected chi connectivity index (χ4v) is 5.75. The molecule has 0 heterocycles. The number of ether oxygens (including phenoxy) is 2. The minimum Gasteiger partial charge on any atom is -0.462 e. The predicted molar refractivity (Wildman–Crippen MR) is 228 cm³/mol. The second kappa shape index (κ2) is 39.0. The van der Waals surface area contributed by atoms with Crippen LogP contribution in [0.4, 0.5) is 0 Å². The molecule has 320 valence electrons. The summed E-state index contributed by atoms with van der Waals surface area (Å²) in [4.78, 5) is 42.8. The van der Waals surface area contributed by atoms with Crippen molar-refractivity contribution in [2.45, 2.75) is 173 Å². The predicted octanol–water partition coefficient (Wildman–Crippen LogP) is 10.8. The lowest BCUT2D eigenvalue weighted by molar-refractivity contribution is -0.161. The van der Waals surface area contributed by atoms with E-state index in [9.17, 15) is 24.4 Å². The van der Waals surface area contributed by atoms with Gasteiger partial charge in [0.2, 0.25) is 0 Å². The molecule has 0 aromatic heterocycles. The summed E-state index contributed by atoms with van der Waals surface area (Å²) in [6.45, 7) is 3.33. The number of carbonyl (C=O) groups excluding carboxylic acids is 2. The molecule has 0 radical (unpaired) electrons. The summed E-state index contributed by atoms with van der Waals surface area (Å²) in [5.74, 6) is -1.06. The molecule has 0 amide bonds. The van der Waals surface area contributed by atoms with Gasteiger partial charge in [-0.3, -0.25) is 14.1 Å². The molecule has 0 unspecified atom stereocenters. The van der Waals surface area contributed by atoms with Crippen LogP contribution in [-0.4, -0.2) is 63.5 Å². The summed E-state index contributed by atoms with van der Waals surface area (Å²) < 4.78 is 26.3. The van der Waals surface area contributed by atoms with E-state index in [1.807, 2.05) is 43.4 Å². The molecule has 0 aliphatic rings. The fourth-order valence-electron chi connectivity index (χ4n) is 5.39. The van der Waals surface area contributed by atoms with Crippen molar-refractivity contribution in [3.05, 3.63) is 85.1 Å². The molecule has 0 aliphatic carbocycles. The van der Waals surface area contributed by atoms with Crippen molar-refractivity contribution in [3.63, 3.8) is 0 Å². The lowest BCUT2D eigenvalue weighted by atomic mass is 10.1. The van der Waals surface area contributed by atoms with Crippen molar-refractivity contribution in [1.29, 1.82) is 0 Å². The molecule has 3 atom stereocenters. The van der Waals surface area contributed by atoms with Gasteiger partial charge in [0, 0.05) is 12.8 Å². The maximum absolute atomic E-state index is 12.4. The highest BCUT2D eigenvalue weighted by Crippen LogP contribution is 2.36. The first-order valence-corrected chi connectivity index (χ1v) is 22.6. The maximum atomic E-state index is 12.4. The molecule has 11 heteroatoms. The minimum absolute atomic E-state index is 0.0254. The Balaban J connectivity index is 4.19. The molecule has 0 aromatic carbocycles. The molecule has 0 aliphatic heterocycles. The van der Waals surface area contributed by atoms with E-state index < -0.39 is 44.7 Å². The van der Waals surface area contributed by atoms with Crippen LogP contribution in [0.15, 0.2) is 85.1 Å². The SMILES string of the molecule is CC/C=C\C[C@H](O)/C=C/C=C\C=C\[C@H](O)C/C=C\C/C=C\CCC(=O)O[C@H](COC(=O)CCCCCCCCC/C=C\CCCCCCCC)COP(=O)(O)O. The largest absolute Gasteiger partial charge is 0.469 e. The summed E-state index contributed by atoms with van der Waals surface area (Å²) in [6, 6.07) is 0. The van der Waals surface area contributed by atoms with Crippen LogP contribution in [-0.2, 0) is 28.2 Å². The Labute approximate surface area is 338 Å². The average molecular weight is 807 g/mol. The number of rotatable bonds is 37. The Morgan fingerprint density at radius 2 is 1.09 bits per heavy atom. The van der Waals surface area contributed by atoms with Gasteiger partial charge in [0.15, 0.2) is 6.10 Å². The zero-order chi connectivity index (χ0) is 41.4. The molecule has 0 bridgehead atoms. The van der Waals surface area contributed by atoms with Gasteiger partial charge in [0.25, 0.3) is 0 Å². The number of hydrogen-bond acceptors (Lipinski definition) is 8. The maximum Gasteiger partial charge on any atom is 0.469 e. The van der Waals surface area contributed by atoms with Crippen molar-refractivity contribution in [2.75, 3.05) is 13.2 Å². The van der Waals surface area contributed by atoms with Crippen LogP contribution in [0.2, 0.25) is 0 Å². The number of aliphatic hydroxyl groups is 2. The standard InChI is InChI=1S/C45H75O10P/c1-3-5-7-8-9-10-11-12-13-14-15-16-17-18-19-23-31-37-44(48)53-39-43(40-54-56(50,51)52)55-45(49)38-32-24-21-20-22-28-34-42(47)36-30-26-25-29-35-41(46)33-27-6-4-2/h6,12-13,21-22,24-30,35-36,41-43,46-47H,3-5,7-11,14-20,23,31-34,37-40H2,1-2H3,(H2,50,51,52)/b13-12-,24-21-,26-25-,27-6-,28-22-,35-29+,36-30+/t41-,42+,43+/m0/s1. The van der Waals surface area contributed by atoms with Gasteiger partial charge in [-0.15, -0.1) is 0 Å². The monoisotopic (exact) mass is 807 g/mol.